The van der Waals surface area contributed by atoms with Gasteiger partial charge < -0.3 is 5.32 Å². The van der Waals surface area contributed by atoms with E-state index >= 15 is 0 Å². The molecule has 4 atom stereocenters. The molecule has 2 fully saturated rings. The molecule has 4 heteroatoms. The lowest BCUT2D eigenvalue weighted by Gasteiger charge is -2.37. The molecule has 3 nitrogen and oxygen atoms in total. The van der Waals surface area contributed by atoms with E-state index in [0.29, 0.717) is 12.1 Å². The van der Waals surface area contributed by atoms with Gasteiger partial charge in [-0.15, -0.1) is 0 Å². The lowest BCUT2D eigenvalue weighted by Crippen LogP contribution is -2.46. The first kappa shape index (κ1) is 15.3. The Bertz CT molecular complexity index is 383. The van der Waals surface area contributed by atoms with Gasteiger partial charge in [-0.1, -0.05) is 20.3 Å². The van der Waals surface area contributed by atoms with E-state index in [9.17, 15) is 8.42 Å². The third kappa shape index (κ3) is 4.45. The highest BCUT2D eigenvalue weighted by atomic mass is 32.2. The molecule has 0 aliphatic heterocycles. The normalized spacial score (nSPS) is 41.1. The van der Waals surface area contributed by atoms with E-state index < -0.39 is 9.84 Å². The van der Waals surface area contributed by atoms with Crippen LogP contribution in [-0.4, -0.2) is 32.0 Å². The van der Waals surface area contributed by atoms with Crippen molar-refractivity contribution < 1.29 is 8.42 Å². The third-order valence-corrected chi connectivity index (χ3v) is 6.52. The minimum absolute atomic E-state index is 0.114. The van der Waals surface area contributed by atoms with Crippen LogP contribution in [0, 0.1) is 11.8 Å². The topological polar surface area (TPSA) is 46.2 Å². The van der Waals surface area contributed by atoms with Gasteiger partial charge in [0.1, 0.15) is 9.84 Å². The van der Waals surface area contributed by atoms with Crippen molar-refractivity contribution in [3.8, 4) is 0 Å². The van der Waals surface area contributed by atoms with Crippen molar-refractivity contribution in [1.82, 2.24) is 5.32 Å². The Morgan fingerprint density at radius 2 is 1.53 bits per heavy atom. The quantitative estimate of drug-likeness (QED) is 0.868. The van der Waals surface area contributed by atoms with Crippen LogP contribution in [0.15, 0.2) is 0 Å². The minimum Gasteiger partial charge on any atom is -0.311 e. The van der Waals surface area contributed by atoms with E-state index in [1.807, 2.05) is 0 Å². The van der Waals surface area contributed by atoms with Gasteiger partial charge in [0.25, 0.3) is 0 Å². The molecule has 2 saturated carbocycles. The predicted octanol–water partition coefficient (Wildman–Crippen LogP) is 2.76. The van der Waals surface area contributed by atoms with Crippen LogP contribution >= 0.6 is 0 Å². The van der Waals surface area contributed by atoms with Crippen LogP contribution in [0.2, 0.25) is 0 Å². The molecule has 2 aliphatic rings. The summed E-state index contributed by atoms with van der Waals surface area (Å²) in [5, 5.41) is 3.64. The van der Waals surface area contributed by atoms with Crippen molar-refractivity contribution in [1.29, 1.82) is 0 Å². The summed E-state index contributed by atoms with van der Waals surface area (Å²) in [5.74, 6) is 1.60. The van der Waals surface area contributed by atoms with E-state index in [0.717, 1.165) is 37.5 Å². The van der Waals surface area contributed by atoms with Gasteiger partial charge in [0, 0.05) is 18.3 Å². The van der Waals surface area contributed by atoms with Gasteiger partial charge in [0.15, 0.2) is 0 Å². The molecule has 0 aromatic heterocycles. The molecule has 0 bridgehead atoms. The second kappa shape index (κ2) is 6.13. The van der Waals surface area contributed by atoms with Crippen LogP contribution in [-0.2, 0) is 9.84 Å². The highest BCUT2D eigenvalue weighted by Crippen LogP contribution is 2.30. The molecular formula is C15H29NO2S. The number of sulfone groups is 1. The summed E-state index contributed by atoms with van der Waals surface area (Å²) < 4.78 is 23.4. The molecule has 0 heterocycles. The van der Waals surface area contributed by atoms with Gasteiger partial charge >= 0.3 is 0 Å². The van der Waals surface area contributed by atoms with E-state index in [1.54, 1.807) is 0 Å². The monoisotopic (exact) mass is 287 g/mol. The summed E-state index contributed by atoms with van der Waals surface area (Å²) >= 11 is 0. The highest BCUT2D eigenvalue weighted by Gasteiger charge is 2.31. The fraction of sp³-hybridized carbons (Fsp3) is 1.00. The van der Waals surface area contributed by atoms with Crippen molar-refractivity contribution in [3.63, 3.8) is 0 Å². The first-order valence-electron chi connectivity index (χ1n) is 7.79. The van der Waals surface area contributed by atoms with Gasteiger partial charge in [-0.25, -0.2) is 8.42 Å². The molecule has 112 valence electrons. The zero-order valence-electron chi connectivity index (χ0n) is 12.6. The molecule has 2 rings (SSSR count). The minimum atomic E-state index is -2.86. The lowest BCUT2D eigenvalue weighted by atomic mass is 9.79. The summed E-state index contributed by atoms with van der Waals surface area (Å²) in [5.41, 5.74) is 0. The van der Waals surface area contributed by atoms with Gasteiger partial charge in [-0.05, 0) is 50.4 Å². The van der Waals surface area contributed by atoms with Crippen LogP contribution in [0.1, 0.15) is 58.8 Å². The van der Waals surface area contributed by atoms with Gasteiger partial charge in [0.05, 0.1) is 5.25 Å². The molecule has 0 aromatic rings. The fourth-order valence-corrected chi connectivity index (χ4v) is 5.28. The molecule has 0 amide bonds. The summed E-state index contributed by atoms with van der Waals surface area (Å²) in [6, 6.07) is 1.01. The molecule has 1 N–H and O–H groups in total. The zero-order chi connectivity index (χ0) is 14.0. The SMILES string of the molecule is CC1CC(C)CC(NC2CCCC(S(C)(=O)=O)C2)C1. The van der Waals surface area contributed by atoms with Crippen molar-refractivity contribution in [2.24, 2.45) is 11.8 Å². The Labute approximate surface area is 118 Å². The second-order valence-corrected chi connectivity index (χ2v) is 9.42. The largest absolute Gasteiger partial charge is 0.311 e. The number of rotatable bonds is 3. The summed E-state index contributed by atoms with van der Waals surface area (Å²) in [4.78, 5) is 0. The van der Waals surface area contributed by atoms with E-state index in [1.165, 1.54) is 25.5 Å². The maximum absolute atomic E-state index is 11.7. The van der Waals surface area contributed by atoms with Crippen molar-refractivity contribution in [3.05, 3.63) is 0 Å². The van der Waals surface area contributed by atoms with Crippen molar-refractivity contribution >= 4 is 9.84 Å². The average Bonchev–Trinajstić information content (AvgIpc) is 2.26. The molecule has 0 saturated heterocycles. The molecule has 2 aliphatic carbocycles. The van der Waals surface area contributed by atoms with Crippen LogP contribution in [0.3, 0.4) is 0 Å². The van der Waals surface area contributed by atoms with Crippen LogP contribution in [0.25, 0.3) is 0 Å². The lowest BCUT2D eigenvalue weighted by molar-refractivity contribution is 0.212. The fourth-order valence-electron chi connectivity index (χ4n) is 4.10. The highest BCUT2D eigenvalue weighted by molar-refractivity contribution is 7.91. The first-order valence-corrected chi connectivity index (χ1v) is 9.75. The average molecular weight is 287 g/mol. The Hall–Kier alpha value is -0.0900. The molecule has 0 spiro atoms. The van der Waals surface area contributed by atoms with Crippen LogP contribution < -0.4 is 5.32 Å². The number of hydrogen-bond donors (Lipinski definition) is 1. The van der Waals surface area contributed by atoms with Crippen molar-refractivity contribution in [2.75, 3.05) is 6.26 Å². The van der Waals surface area contributed by atoms with Crippen LogP contribution in [0.5, 0.6) is 0 Å². The number of hydrogen-bond acceptors (Lipinski definition) is 3. The maximum atomic E-state index is 11.7. The van der Waals surface area contributed by atoms with E-state index in [-0.39, 0.29) is 5.25 Å². The third-order valence-electron chi connectivity index (χ3n) is 4.88. The summed E-state index contributed by atoms with van der Waals surface area (Å²) in [6.07, 6.45) is 9.11. The van der Waals surface area contributed by atoms with Gasteiger partial charge in [0.2, 0.25) is 0 Å². The standard InChI is InChI=1S/C15H29NO2S/c1-11-7-12(2)9-14(8-11)16-13-5-4-6-15(10-13)19(3,17)18/h11-16H,4-10H2,1-3H3. The van der Waals surface area contributed by atoms with E-state index in [4.69, 9.17) is 0 Å². The van der Waals surface area contributed by atoms with Gasteiger partial charge in [-0.2, -0.15) is 0 Å². The first-order chi connectivity index (χ1) is 8.84. The van der Waals surface area contributed by atoms with E-state index in [2.05, 4.69) is 19.2 Å². The van der Waals surface area contributed by atoms with Crippen LogP contribution in [0.4, 0.5) is 0 Å². The molecule has 0 aromatic carbocycles. The maximum Gasteiger partial charge on any atom is 0.150 e. The molecule has 19 heavy (non-hydrogen) atoms. The zero-order valence-corrected chi connectivity index (χ0v) is 13.4. The molecule has 0 radical (unpaired) electrons. The van der Waals surface area contributed by atoms with Crippen molar-refractivity contribution in [2.45, 2.75) is 76.1 Å². The Kier molecular flexibility index (Phi) is 4.93. The molecule has 4 unspecified atom stereocenters. The number of nitrogens with one attached hydrogen (secondary N) is 1. The Morgan fingerprint density at radius 1 is 0.895 bits per heavy atom. The summed E-state index contributed by atoms with van der Waals surface area (Å²) in [6.45, 7) is 4.68. The smallest absolute Gasteiger partial charge is 0.150 e. The Morgan fingerprint density at radius 3 is 2.11 bits per heavy atom. The van der Waals surface area contributed by atoms with Gasteiger partial charge in [-0.3, -0.25) is 0 Å². The molecular weight excluding hydrogens is 258 g/mol. The Balaban J connectivity index is 1.88. The summed E-state index contributed by atoms with van der Waals surface area (Å²) in [7, 11) is -2.86. The predicted molar refractivity (Wildman–Crippen MR) is 80.0 cm³/mol. The second-order valence-electron chi connectivity index (χ2n) is 7.10.